The van der Waals surface area contributed by atoms with Gasteiger partial charge in [0.15, 0.2) is 0 Å². The normalized spacial score (nSPS) is 12.9. The third kappa shape index (κ3) is 2.53. The minimum absolute atomic E-state index is 0.243. The van der Waals surface area contributed by atoms with E-state index in [0.717, 1.165) is 11.4 Å². The second-order valence-electron chi connectivity index (χ2n) is 4.40. The Bertz CT molecular complexity index is 461. The summed E-state index contributed by atoms with van der Waals surface area (Å²) in [6.45, 7) is 4.34. The summed E-state index contributed by atoms with van der Waals surface area (Å²) < 4.78 is 0. The van der Waals surface area contributed by atoms with Crippen molar-refractivity contribution in [3.8, 4) is 5.69 Å². The summed E-state index contributed by atoms with van der Waals surface area (Å²) in [5, 5.41) is 12.1. The zero-order valence-corrected chi connectivity index (χ0v) is 10.5. The van der Waals surface area contributed by atoms with E-state index in [-0.39, 0.29) is 6.04 Å². The zero-order chi connectivity index (χ0) is 12.3. The molecule has 1 aromatic heterocycles. The van der Waals surface area contributed by atoms with Gasteiger partial charge in [0.05, 0.1) is 17.9 Å². The van der Waals surface area contributed by atoms with Crippen molar-refractivity contribution in [3.05, 3.63) is 42.2 Å². The second kappa shape index (κ2) is 5.10. The third-order valence-electron chi connectivity index (χ3n) is 2.79. The summed E-state index contributed by atoms with van der Waals surface area (Å²) in [4.78, 5) is 1.67. The average molecular weight is 230 g/mol. The van der Waals surface area contributed by atoms with Gasteiger partial charge in [-0.05, 0) is 25.1 Å². The van der Waals surface area contributed by atoms with Crippen molar-refractivity contribution >= 4 is 0 Å². The Morgan fingerprint density at radius 2 is 1.88 bits per heavy atom. The van der Waals surface area contributed by atoms with Crippen molar-refractivity contribution in [2.45, 2.75) is 19.9 Å². The van der Waals surface area contributed by atoms with Crippen molar-refractivity contribution in [2.24, 2.45) is 5.92 Å². The first-order chi connectivity index (χ1) is 8.22. The van der Waals surface area contributed by atoms with E-state index in [1.54, 1.807) is 4.80 Å². The van der Waals surface area contributed by atoms with Crippen LogP contribution in [0.4, 0.5) is 0 Å². The van der Waals surface area contributed by atoms with Gasteiger partial charge >= 0.3 is 0 Å². The molecule has 0 spiro atoms. The molecule has 4 nitrogen and oxygen atoms in total. The number of hydrogen-bond acceptors (Lipinski definition) is 3. The van der Waals surface area contributed by atoms with Crippen LogP contribution in [-0.4, -0.2) is 22.0 Å². The summed E-state index contributed by atoms with van der Waals surface area (Å²) in [7, 11) is 1.95. The standard InChI is InChI=1S/C13H18N4/c1-10(2)13(14-3)12-9-15-17(16-12)11-7-5-4-6-8-11/h4-10,13-14H,1-3H3. The van der Waals surface area contributed by atoms with Gasteiger partial charge in [0.1, 0.15) is 5.69 Å². The lowest BCUT2D eigenvalue weighted by Crippen LogP contribution is -2.22. The molecule has 0 saturated heterocycles. The molecule has 0 aliphatic heterocycles. The second-order valence-corrected chi connectivity index (χ2v) is 4.40. The fourth-order valence-electron chi connectivity index (χ4n) is 1.93. The molecule has 4 heteroatoms. The van der Waals surface area contributed by atoms with E-state index in [1.807, 2.05) is 43.6 Å². The summed E-state index contributed by atoms with van der Waals surface area (Å²) in [5.74, 6) is 0.487. The predicted octanol–water partition coefficient (Wildman–Crippen LogP) is 2.18. The average Bonchev–Trinajstić information content (AvgIpc) is 2.80. The van der Waals surface area contributed by atoms with E-state index in [9.17, 15) is 0 Å². The molecule has 0 radical (unpaired) electrons. The molecule has 1 unspecified atom stereocenters. The number of aromatic nitrogens is 3. The monoisotopic (exact) mass is 230 g/mol. The highest BCUT2D eigenvalue weighted by Crippen LogP contribution is 2.18. The predicted molar refractivity (Wildman–Crippen MR) is 68.0 cm³/mol. The number of hydrogen-bond donors (Lipinski definition) is 1. The SMILES string of the molecule is CNC(c1cnn(-c2ccccc2)n1)C(C)C. The van der Waals surface area contributed by atoms with Crippen molar-refractivity contribution in [1.29, 1.82) is 0 Å². The van der Waals surface area contributed by atoms with Gasteiger partial charge in [-0.15, -0.1) is 0 Å². The highest BCUT2D eigenvalue weighted by Gasteiger charge is 2.17. The molecule has 1 N–H and O–H groups in total. The molecule has 1 aromatic carbocycles. The Morgan fingerprint density at radius 3 is 2.47 bits per heavy atom. The lowest BCUT2D eigenvalue weighted by molar-refractivity contribution is 0.431. The van der Waals surface area contributed by atoms with Crippen molar-refractivity contribution in [3.63, 3.8) is 0 Å². The van der Waals surface area contributed by atoms with Crippen LogP contribution in [0, 0.1) is 5.92 Å². The van der Waals surface area contributed by atoms with Crippen LogP contribution in [0.5, 0.6) is 0 Å². The molecule has 0 bridgehead atoms. The Hall–Kier alpha value is -1.68. The molecular formula is C13H18N4. The van der Waals surface area contributed by atoms with Crippen molar-refractivity contribution < 1.29 is 0 Å². The van der Waals surface area contributed by atoms with E-state index in [2.05, 4.69) is 29.4 Å². The summed E-state index contributed by atoms with van der Waals surface area (Å²) in [6.07, 6.45) is 1.83. The number of benzene rings is 1. The highest BCUT2D eigenvalue weighted by atomic mass is 15.5. The molecule has 90 valence electrons. The number of rotatable bonds is 4. The maximum Gasteiger partial charge on any atom is 0.100 e. The quantitative estimate of drug-likeness (QED) is 0.875. The summed E-state index contributed by atoms with van der Waals surface area (Å²) in [5.41, 5.74) is 1.96. The highest BCUT2D eigenvalue weighted by molar-refractivity contribution is 5.28. The Morgan fingerprint density at radius 1 is 1.18 bits per heavy atom. The summed E-state index contributed by atoms with van der Waals surface area (Å²) in [6, 6.07) is 10.2. The van der Waals surface area contributed by atoms with E-state index in [0.29, 0.717) is 5.92 Å². The van der Waals surface area contributed by atoms with Gasteiger partial charge < -0.3 is 5.32 Å². The number of nitrogens with zero attached hydrogens (tertiary/aromatic N) is 3. The van der Waals surface area contributed by atoms with Crippen LogP contribution in [0.3, 0.4) is 0 Å². The topological polar surface area (TPSA) is 42.7 Å². The largest absolute Gasteiger partial charge is 0.311 e. The lowest BCUT2D eigenvalue weighted by Gasteiger charge is -2.16. The van der Waals surface area contributed by atoms with E-state index in [4.69, 9.17) is 0 Å². The van der Waals surface area contributed by atoms with Gasteiger partial charge in [-0.3, -0.25) is 0 Å². The molecular weight excluding hydrogens is 212 g/mol. The van der Waals surface area contributed by atoms with Gasteiger partial charge in [-0.25, -0.2) is 0 Å². The number of nitrogens with one attached hydrogen (secondary N) is 1. The minimum Gasteiger partial charge on any atom is -0.311 e. The van der Waals surface area contributed by atoms with Gasteiger partial charge in [0, 0.05) is 0 Å². The Kier molecular flexibility index (Phi) is 3.54. The maximum atomic E-state index is 4.52. The maximum absolute atomic E-state index is 4.52. The molecule has 0 fully saturated rings. The molecule has 0 aliphatic carbocycles. The molecule has 1 heterocycles. The van der Waals surface area contributed by atoms with Crippen LogP contribution >= 0.6 is 0 Å². The number of para-hydroxylation sites is 1. The van der Waals surface area contributed by atoms with Crippen LogP contribution < -0.4 is 5.32 Å². The molecule has 0 amide bonds. The minimum atomic E-state index is 0.243. The van der Waals surface area contributed by atoms with Gasteiger partial charge in [-0.2, -0.15) is 15.0 Å². The van der Waals surface area contributed by atoms with Crippen molar-refractivity contribution in [2.75, 3.05) is 7.05 Å². The van der Waals surface area contributed by atoms with Gasteiger partial charge in [-0.1, -0.05) is 32.0 Å². The fourth-order valence-corrected chi connectivity index (χ4v) is 1.93. The fraction of sp³-hybridized carbons (Fsp3) is 0.385. The first-order valence-electron chi connectivity index (χ1n) is 5.87. The third-order valence-corrected chi connectivity index (χ3v) is 2.79. The van der Waals surface area contributed by atoms with E-state index in [1.165, 1.54) is 0 Å². The molecule has 1 atom stereocenters. The Balaban J connectivity index is 2.27. The molecule has 17 heavy (non-hydrogen) atoms. The first-order valence-corrected chi connectivity index (χ1v) is 5.87. The first kappa shape index (κ1) is 11.8. The van der Waals surface area contributed by atoms with Crippen molar-refractivity contribution in [1.82, 2.24) is 20.3 Å². The van der Waals surface area contributed by atoms with Gasteiger partial charge in [0.2, 0.25) is 0 Å². The van der Waals surface area contributed by atoms with Crippen LogP contribution in [0.25, 0.3) is 5.69 Å². The van der Waals surface area contributed by atoms with Crippen LogP contribution in [0.1, 0.15) is 25.6 Å². The smallest absolute Gasteiger partial charge is 0.100 e. The molecule has 0 aliphatic rings. The van der Waals surface area contributed by atoms with E-state index >= 15 is 0 Å². The van der Waals surface area contributed by atoms with Crippen LogP contribution in [0.2, 0.25) is 0 Å². The van der Waals surface area contributed by atoms with Gasteiger partial charge in [0.25, 0.3) is 0 Å². The van der Waals surface area contributed by atoms with Crippen LogP contribution in [0.15, 0.2) is 36.5 Å². The van der Waals surface area contributed by atoms with Crippen LogP contribution in [-0.2, 0) is 0 Å². The van der Waals surface area contributed by atoms with E-state index < -0.39 is 0 Å². The molecule has 2 rings (SSSR count). The Labute approximate surface area is 102 Å². The summed E-state index contributed by atoms with van der Waals surface area (Å²) >= 11 is 0. The zero-order valence-electron chi connectivity index (χ0n) is 10.5. The lowest BCUT2D eigenvalue weighted by atomic mass is 10.0. The molecule has 0 saturated carbocycles. The molecule has 2 aromatic rings.